The maximum atomic E-state index is 12.8. The predicted octanol–water partition coefficient (Wildman–Crippen LogP) is 2.25. The van der Waals surface area contributed by atoms with Crippen molar-refractivity contribution in [1.82, 2.24) is 19.7 Å². The molecule has 0 saturated carbocycles. The number of amides is 2. The van der Waals surface area contributed by atoms with Gasteiger partial charge in [0.25, 0.3) is 5.91 Å². The molecule has 2 fully saturated rings. The maximum Gasteiger partial charge on any atom is 0.273 e. The number of hydrogen-bond donors (Lipinski definition) is 0. The number of ether oxygens (including phenoxy) is 1. The minimum absolute atomic E-state index is 0.0570. The van der Waals surface area contributed by atoms with Crippen molar-refractivity contribution >= 4 is 50.4 Å². The molecule has 0 radical (unpaired) electrons. The fourth-order valence-corrected chi connectivity index (χ4v) is 5.58. The Morgan fingerprint density at radius 1 is 1.04 bits per heavy atom. The molecular formula is C18H21BrN4O3S2. The zero-order valence-electron chi connectivity index (χ0n) is 15.3. The van der Waals surface area contributed by atoms with Crippen LogP contribution in [0.2, 0.25) is 0 Å². The lowest BCUT2D eigenvalue weighted by Gasteiger charge is -2.36. The molecule has 0 aromatic carbocycles. The number of thiophene rings is 1. The Hall–Kier alpha value is -1.33. The Balaban J connectivity index is 1.30. The van der Waals surface area contributed by atoms with Crippen molar-refractivity contribution in [3.63, 3.8) is 0 Å². The molecule has 0 atom stereocenters. The minimum atomic E-state index is -0.0570. The van der Waals surface area contributed by atoms with Crippen LogP contribution < -0.4 is 0 Å². The number of carbonyl (C=O) groups excluding carboxylic acids is 2. The highest BCUT2D eigenvalue weighted by molar-refractivity contribution is 9.10. The SMILES string of the molecule is O=C(CN1CCOCC1)N1CCN(C(=O)c2csc(-c3cc(Br)cs3)n2)CC1. The Morgan fingerprint density at radius 3 is 2.43 bits per heavy atom. The summed E-state index contributed by atoms with van der Waals surface area (Å²) in [6.07, 6.45) is 0. The number of nitrogens with zero attached hydrogens (tertiary/aromatic N) is 4. The molecule has 2 aliphatic heterocycles. The molecule has 4 heterocycles. The van der Waals surface area contributed by atoms with Gasteiger partial charge in [-0.1, -0.05) is 0 Å². The maximum absolute atomic E-state index is 12.8. The van der Waals surface area contributed by atoms with E-state index >= 15 is 0 Å². The Morgan fingerprint density at radius 2 is 1.75 bits per heavy atom. The molecule has 150 valence electrons. The van der Waals surface area contributed by atoms with E-state index < -0.39 is 0 Å². The van der Waals surface area contributed by atoms with Gasteiger partial charge in [0.2, 0.25) is 5.91 Å². The van der Waals surface area contributed by atoms with Crippen LogP contribution >= 0.6 is 38.6 Å². The first-order valence-corrected chi connectivity index (χ1v) is 11.7. The van der Waals surface area contributed by atoms with Crippen molar-refractivity contribution < 1.29 is 14.3 Å². The summed E-state index contributed by atoms with van der Waals surface area (Å²) < 4.78 is 6.34. The van der Waals surface area contributed by atoms with Gasteiger partial charge in [-0.15, -0.1) is 22.7 Å². The zero-order valence-corrected chi connectivity index (χ0v) is 18.5. The van der Waals surface area contributed by atoms with Crippen molar-refractivity contribution in [2.45, 2.75) is 0 Å². The molecule has 0 aliphatic carbocycles. The Labute approximate surface area is 180 Å². The van der Waals surface area contributed by atoms with Crippen LogP contribution in [0.4, 0.5) is 0 Å². The van der Waals surface area contributed by atoms with Gasteiger partial charge in [-0.05, 0) is 22.0 Å². The standard InChI is InChI=1S/C18H21BrN4O3S2/c19-13-9-15(27-11-13)17-20-14(12-28-17)18(25)23-3-1-22(2-4-23)16(24)10-21-5-7-26-8-6-21/h9,11-12H,1-8,10H2. The molecule has 0 bridgehead atoms. The van der Waals surface area contributed by atoms with Gasteiger partial charge in [-0.3, -0.25) is 14.5 Å². The molecule has 2 saturated heterocycles. The second-order valence-corrected chi connectivity index (χ2v) is 9.41. The zero-order chi connectivity index (χ0) is 19.5. The van der Waals surface area contributed by atoms with E-state index in [2.05, 4.69) is 25.8 Å². The lowest BCUT2D eigenvalue weighted by atomic mass is 10.2. The summed E-state index contributed by atoms with van der Waals surface area (Å²) in [4.78, 5) is 36.6. The monoisotopic (exact) mass is 484 g/mol. The lowest BCUT2D eigenvalue weighted by molar-refractivity contribution is -0.134. The lowest BCUT2D eigenvalue weighted by Crippen LogP contribution is -2.53. The normalized spacial score (nSPS) is 18.5. The van der Waals surface area contributed by atoms with Crippen molar-refractivity contribution in [2.75, 3.05) is 59.0 Å². The number of piperazine rings is 1. The van der Waals surface area contributed by atoms with Crippen molar-refractivity contribution in [3.8, 4) is 9.88 Å². The molecule has 2 amide bonds. The summed E-state index contributed by atoms with van der Waals surface area (Å²) in [6.45, 7) is 5.66. The number of rotatable bonds is 4. The van der Waals surface area contributed by atoms with Crippen LogP contribution in [-0.2, 0) is 9.53 Å². The number of hydrogen-bond acceptors (Lipinski definition) is 7. The summed E-state index contributed by atoms with van der Waals surface area (Å²) in [5.41, 5.74) is 0.484. The van der Waals surface area contributed by atoms with Crippen LogP contribution in [0.25, 0.3) is 9.88 Å². The van der Waals surface area contributed by atoms with Gasteiger partial charge in [0.15, 0.2) is 0 Å². The average Bonchev–Trinajstić information content (AvgIpc) is 3.37. The fourth-order valence-electron chi connectivity index (χ4n) is 3.28. The molecule has 2 aromatic rings. The smallest absolute Gasteiger partial charge is 0.273 e. The highest BCUT2D eigenvalue weighted by Crippen LogP contribution is 2.32. The Bertz CT molecular complexity index is 842. The number of morpholine rings is 1. The van der Waals surface area contributed by atoms with E-state index in [1.807, 2.05) is 21.7 Å². The third-order valence-corrected chi connectivity index (χ3v) is 7.59. The quantitative estimate of drug-likeness (QED) is 0.665. The molecule has 0 unspecified atom stereocenters. The first-order chi connectivity index (χ1) is 13.6. The number of halogens is 1. The van der Waals surface area contributed by atoms with E-state index in [-0.39, 0.29) is 11.8 Å². The van der Waals surface area contributed by atoms with Crippen LogP contribution in [-0.4, -0.2) is 90.5 Å². The van der Waals surface area contributed by atoms with Crippen LogP contribution in [0.15, 0.2) is 21.3 Å². The molecule has 2 aliphatic rings. The number of aromatic nitrogens is 1. The topological polar surface area (TPSA) is 66.0 Å². The van der Waals surface area contributed by atoms with Crippen molar-refractivity contribution in [2.24, 2.45) is 0 Å². The van der Waals surface area contributed by atoms with Gasteiger partial charge in [-0.25, -0.2) is 4.98 Å². The van der Waals surface area contributed by atoms with E-state index in [0.29, 0.717) is 51.6 Å². The van der Waals surface area contributed by atoms with E-state index in [4.69, 9.17) is 4.74 Å². The van der Waals surface area contributed by atoms with Gasteiger partial charge in [0, 0.05) is 54.5 Å². The first-order valence-electron chi connectivity index (χ1n) is 9.17. The summed E-state index contributed by atoms with van der Waals surface area (Å²) in [6, 6.07) is 2.01. The van der Waals surface area contributed by atoms with Crippen molar-refractivity contribution in [1.29, 1.82) is 0 Å². The average molecular weight is 485 g/mol. The van der Waals surface area contributed by atoms with E-state index in [0.717, 1.165) is 27.4 Å². The van der Waals surface area contributed by atoms with Crippen LogP contribution in [0.3, 0.4) is 0 Å². The molecule has 4 rings (SSSR count). The second-order valence-electron chi connectivity index (χ2n) is 6.73. The van der Waals surface area contributed by atoms with Crippen LogP contribution in [0.1, 0.15) is 10.5 Å². The molecule has 2 aromatic heterocycles. The summed E-state index contributed by atoms with van der Waals surface area (Å²) in [7, 11) is 0. The van der Waals surface area contributed by atoms with E-state index in [1.165, 1.54) is 11.3 Å². The summed E-state index contributed by atoms with van der Waals surface area (Å²) in [5, 5.41) is 4.69. The van der Waals surface area contributed by atoms with Gasteiger partial charge < -0.3 is 14.5 Å². The van der Waals surface area contributed by atoms with Gasteiger partial charge in [0.1, 0.15) is 10.7 Å². The predicted molar refractivity (Wildman–Crippen MR) is 113 cm³/mol. The molecule has 0 spiro atoms. The largest absolute Gasteiger partial charge is 0.379 e. The first kappa shape index (κ1) is 20.0. The second kappa shape index (κ2) is 9.00. The highest BCUT2D eigenvalue weighted by atomic mass is 79.9. The van der Waals surface area contributed by atoms with Crippen LogP contribution in [0, 0.1) is 0 Å². The molecule has 10 heteroatoms. The van der Waals surface area contributed by atoms with Gasteiger partial charge in [-0.2, -0.15) is 0 Å². The third-order valence-electron chi connectivity index (χ3n) is 4.88. The third kappa shape index (κ3) is 4.62. The minimum Gasteiger partial charge on any atom is -0.379 e. The fraction of sp³-hybridized carbons (Fsp3) is 0.500. The van der Waals surface area contributed by atoms with Gasteiger partial charge in [0.05, 0.1) is 24.6 Å². The molecular weight excluding hydrogens is 464 g/mol. The molecule has 0 N–H and O–H groups in total. The summed E-state index contributed by atoms with van der Waals surface area (Å²) >= 11 is 6.53. The van der Waals surface area contributed by atoms with Gasteiger partial charge >= 0.3 is 0 Å². The van der Waals surface area contributed by atoms with Crippen molar-refractivity contribution in [3.05, 3.63) is 27.0 Å². The summed E-state index contributed by atoms with van der Waals surface area (Å²) in [5.74, 6) is 0.0756. The van der Waals surface area contributed by atoms with E-state index in [1.54, 1.807) is 16.2 Å². The molecule has 7 nitrogen and oxygen atoms in total. The number of thiazole rings is 1. The Kier molecular flexibility index (Phi) is 6.42. The number of carbonyl (C=O) groups is 2. The van der Waals surface area contributed by atoms with E-state index in [9.17, 15) is 9.59 Å². The van der Waals surface area contributed by atoms with Crippen LogP contribution in [0.5, 0.6) is 0 Å². The molecule has 28 heavy (non-hydrogen) atoms. The highest BCUT2D eigenvalue weighted by Gasteiger charge is 2.27.